The second-order valence-electron chi connectivity index (χ2n) is 11.0. The third kappa shape index (κ3) is 7.12. The topological polar surface area (TPSA) is 105 Å². The molecule has 7 nitrogen and oxygen atoms in total. The molecule has 1 aromatic carbocycles. The van der Waals surface area contributed by atoms with Crippen LogP contribution in [0.5, 0.6) is 5.75 Å². The second kappa shape index (κ2) is 11.3. The van der Waals surface area contributed by atoms with Crippen LogP contribution in [-0.4, -0.2) is 56.2 Å². The van der Waals surface area contributed by atoms with E-state index in [0.29, 0.717) is 38.7 Å². The lowest BCUT2D eigenvalue weighted by molar-refractivity contribution is 0.0940. The lowest BCUT2D eigenvalue weighted by Crippen LogP contribution is -2.36. The van der Waals surface area contributed by atoms with Gasteiger partial charge in [0, 0.05) is 22.5 Å². The number of hydrogen-bond acceptors (Lipinski definition) is 7. The number of nitrogens with one attached hydrogen (secondary N) is 2. The molecule has 3 atom stereocenters. The summed E-state index contributed by atoms with van der Waals surface area (Å²) < 4.78 is 29.5. The van der Waals surface area contributed by atoms with Gasteiger partial charge in [-0.05, 0) is 60.8 Å². The Morgan fingerprint density at radius 2 is 2.03 bits per heavy atom. The van der Waals surface area contributed by atoms with Crippen LogP contribution in [-0.2, 0) is 22.7 Å². The molecule has 1 aliphatic heterocycles. The van der Waals surface area contributed by atoms with Gasteiger partial charge in [-0.15, -0.1) is 11.3 Å². The van der Waals surface area contributed by atoms with E-state index in [9.17, 15) is 18.3 Å². The number of rotatable bonds is 8. The second-order valence-corrected chi connectivity index (χ2v) is 15.2. The zero-order chi connectivity index (χ0) is 27.0. The van der Waals surface area contributed by atoms with Gasteiger partial charge >= 0.3 is 0 Å². The largest absolute Gasteiger partial charge is 0.489 e. The van der Waals surface area contributed by atoms with Gasteiger partial charge < -0.3 is 20.5 Å². The minimum Gasteiger partial charge on any atom is -0.489 e. The summed E-state index contributed by atoms with van der Waals surface area (Å²) in [6.07, 6.45) is 2.25. The minimum absolute atomic E-state index is 0.00695. The van der Waals surface area contributed by atoms with E-state index >= 15 is 0 Å². The lowest BCUT2D eigenvalue weighted by Gasteiger charge is -2.33. The number of ether oxygens (including phenoxy) is 1. The molecule has 4 rings (SSSR count). The molecule has 0 radical (unpaired) electrons. The van der Waals surface area contributed by atoms with E-state index in [2.05, 4.69) is 31.4 Å². The highest BCUT2D eigenvalue weighted by Crippen LogP contribution is 2.44. The first-order chi connectivity index (χ1) is 17.3. The number of carbonyl (C=O) groups excluding carboxylic acids is 1. The van der Waals surface area contributed by atoms with Crippen molar-refractivity contribution in [3.05, 3.63) is 44.2 Å². The van der Waals surface area contributed by atoms with Crippen molar-refractivity contribution in [2.75, 3.05) is 30.0 Å². The molecule has 0 spiro atoms. The summed E-state index contributed by atoms with van der Waals surface area (Å²) in [5, 5.41) is 18.3. The van der Waals surface area contributed by atoms with Crippen LogP contribution >= 0.6 is 34.5 Å². The maximum atomic E-state index is 13.4. The smallest absolute Gasteiger partial charge is 0.254 e. The molecule has 0 bridgehead atoms. The van der Waals surface area contributed by atoms with Gasteiger partial charge in [-0.2, -0.15) is 0 Å². The van der Waals surface area contributed by atoms with Gasteiger partial charge in [-0.1, -0.05) is 44.0 Å². The molecule has 11 heteroatoms. The molecule has 1 fully saturated rings. The van der Waals surface area contributed by atoms with Crippen LogP contribution < -0.4 is 15.4 Å². The van der Waals surface area contributed by atoms with E-state index in [1.807, 2.05) is 0 Å². The molecule has 1 amide bonds. The number of anilines is 1. The van der Waals surface area contributed by atoms with Gasteiger partial charge in [-0.25, -0.2) is 8.42 Å². The third-order valence-corrected chi connectivity index (χ3v) is 10.6. The Balaban J connectivity index is 1.48. The fourth-order valence-electron chi connectivity index (χ4n) is 4.90. The molecule has 2 aromatic rings. The number of hydrogen-bond donors (Lipinski definition) is 3. The van der Waals surface area contributed by atoms with Crippen LogP contribution in [0.1, 0.15) is 54.4 Å². The van der Waals surface area contributed by atoms with Crippen molar-refractivity contribution in [1.82, 2.24) is 5.32 Å². The van der Waals surface area contributed by atoms with Crippen molar-refractivity contribution in [2.24, 2.45) is 11.3 Å². The molecule has 37 heavy (non-hydrogen) atoms. The SMILES string of the molecule is CC(C)(C)C1CCc2c(sc(NCC(O)COc3ccc(Cl)cc3Cl)c2C(=O)NC2CCS(=O)(=O)C2)C1. The highest BCUT2D eigenvalue weighted by Gasteiger charge is 2.35. The zero-order valence-electron chi connectivity index (χ0n) is 21.3. The summed E-state index contributed by atoms with van der Waals surface area (Å²) in [4.78, 5) is 14.6. The molecule has 2 aliphatic rings. The zero-order valence-corrected chi connectivity index (χ0v) is 24.4. The van der Waals surface area contributed by atoms with E-state index in [1.165, 1.54) is 4.88 Å². The van der Waals surface area contributed by atoms with E-state index < -0.39 is 15.9 Å². The number of aliphatic hydroxyl groups is 1. The summed E-state index contributed by atoms with van der Waals surface area (Å²) >= 11 is 13.6. The molecular weight excluding hydrogens is 555 g/mol. The first kappa shape index (κ1) is 28.5. The molecule has 1 aromatic heterocycles. The van der Waals surface area contributed by atoms with E-state index in [0.717, 1.165) is 24.8 Å². The van der Waals surface area contributed by atoms with E-state index in [1.54, 1.807) is 29.5 Å². The Morgan fingerprint density at radius 1 is 1.27 bits per heavy atom. The Labute approximate surface area is 232 Å². The molecule has 0 saturated carbocycles. The number of amides is 1. The maximum absolute atomic E-state index is 13.4. The molecule has 3 N–H and O–H groups in total. The Bertz CT molecular complexity index is 1260. The first-order valence-corrected chi connectivity index (χ1v) is 15.9. The van der Waals surface area contributed by atoms with E-state index in [4.69, 9.17) is 27.9 Å². The number of sulfone groups is 1. The Morgan fingerprint density at radius 3 is 2.68 bits per heavy atom. The van der Waals surface area contributed by atoms with Crippen molar-refractivity contribution in [3.63, 3.8) is 0 Å². The minimum atomic E-state index is -3.11. The quantitative estimate of drug-likeness (QED) is 0.402. The fraction of sp³-hybridized carbons (Fsp3) is 0.577. The van der Waals surface area contributed by atoms with Crippen molar-refractivity contribution in [1.29, 1.82) is 0 Å². The van der Waals surface area contributed by atoms with Gasteiger partial charge in [0.05, 0.1) is 22.1 Å². The summed E-state index contributed by atoms with van der Waals surface area (Å²) in [7, 11) is -3.11. The number of thiophene rings is 1. The van der Waals surface area contributed by atoms with Crippen molar-refractivity contribution in [3.8, 4) is 5.75 Å². The summed E-state index contributed by atoms with van der Waals surface area (Å²) in [6.45, 7) is 6.91. The van der Waals surface area contributed by atoms with Crippen molar-refractivity contribution in [2.45, 2.75) is 58.6 Å². The fourth-order valence-corrected chi connectivity index (χ4v) is 8.37. The Hall–Kier alpha value is -1.52. The highest BCUT2D eigenvalue weighted by molar-refractivity contribution is 7.91. The van der Waals surface area contributed by atoms with Gasteiger partial charge in [0.15, 0.2) is 9.84 Å². The average molecular weight is 590 g/mol. The average Bonchev–Trinajstić information content (AvgIpc) is 3.34. The van der Waals surface area contributed by atoms with Crippen molar-refractivity contribution >= 4 is 55.3 Å². The molecule has 3 unspecified atom stereocenters. The standard InChI is InChI=1S/C26H34Cl2N2O5S2/c1-26(2,3)15-4-6-19-22(10-15)36-25(23(19)24(32)30-17-8-9-37(33,34)14-17)29-12-18(31)13-35-21-7-5-16(27)11-20(21)28/h5,7,11,15,17-18,29,31H,4,6,8-10,12-14H2,1-3H3,(H,30,32). The number of aliphatic hydroxyl groups excluding tert-OH is 1. The van der Waals surface area contributed by atoms with E-state index in [-0.39, 0.29) is 42.0 Å². The number of benzene rings is 1. The van der Waals surface area contributed by atoms with Crippen LogP contribution in [0.4, 0.5) is 5.00 Å². The maximum Gasteiger partial charge on any atom is 0.254 e. The lowest BCUT2D eigenvalue weighted by atomic mass is 9.72. The van der Waals surface area contributed by atoms with Gasteiger partial charge in [0.2, 0.25) is 0 Å². The normalized spacial score (nSPS) is 21.8. The molecule has 1 aliphatic carbocycles. The predicted octanol–water partition coefficient (Wildman–Crippen LogP) is 4.97. The van der Waals surface area contributed by atoms with Crippen LogP contribution in [0.2, 0.25) is 10.0 Å². The number of fused-ring (bicyclic) bond motifs is 1. The van der Waals surface area contributed by atoms with Crippen molar-refractivity contribution < 1.29 is 23.1 Å². The molecule has 1 saturated heterocycles. The Kier molecular flexibility index (Phi) is 8.70. The third-order valence-electron chi connectivity index (χ3n) is 7.11. The van der Waals surface area contributed by atoms with Gasteiger partial charge in [-0.3, -0.25) is 4.79 Å². The van der Waals surface area contributed by atoms with Gasteiger partial charge in [0.1, 0.15) is 23.5 Å². The van der Waals surface area contributed by atoms with Crippen LogP contribution in [0, 0.1) is 11.3 Å². The summed E-state index contributed by atoms with van der Waals surface area (Å²) in [5.74, 6) is 0.752. The van der Waals surface area contributed by atoms with Crippen LogP contribution in [0.3, 0.4) is 0 Å². The highest BCUT2D eigenvalue weighted by atomic mass is 35.5. The first-order valence-electron chi connectivity index (χ1n) is 12.5. The molecule has 2 heterocycles. The molecular formula is C26H34Cl2N2O5S2. The summed E-state index contributed by atoms with van der Waals surface area (Å²) in [5.41, 5.74) is 1.77. The number of carbonyl (C=O) groups is 1. The monoisotopic (exact) mass is 588 g/mol. The van der Waals surface area contributed by atoms with Crippen LogP contribution in [0.15, 0.2) is 18.2 Å². The summed E-state index contributed by atoms with van der Waals surface area (Å²) in [6, 6.07) is 4.50. The van der Waals surface area contributed by atoms with Gasteiger partial charge in [0.25, 0.3) is 5.91 Å². The predicted molar refractivity (Wildman–Crippen MR) is 150 cm³/mol. The number of halogens is 2. The van der Waals surface area contributed by atoms with Crippen LogP contribution in [0.25, 0.3) is 0 Å². The molecule has 204 valence electrons.